The molecule has 0 atom stereocenters. The van der Waals surface area contributed by atoms with Gasteiger partial charge in [-0.15, -0.1) is 0 Å². The van der Waals surface area contributed by atoms with Gasteiger partial charge in [-0.25, -0.2) is 0 Å². The molecule has 162 valence electrons. The van der Waals surface area contributed by atoms with Crippen LogP contribution in [-0.2, 0) is 4.74 Å². The Morgan fingerprint density at radius 3 is 2.38 bits per heavy atom. The molecule has 5 heteroatoms. The molecule has 1 amide bonds. The average Bonchev–Trinajstić information content (AvgIpc) is 2.79. The number of hydrogen-bond donors (Lipinski definition) is 0. The highest BCUT2D eigenvalue weighted by molar-refractivity contribution is 5.94. The number of rotatable bonds is 9. The van der Waals surface area contributed by atoms with Crippen LogP contribution in [0.1, 0.15) is 56.3 Å². The summed E-state index contributed by atoms with van der Waals surface area (Å²) in [7, 11) is 0. The third-order valence-corrected chi connectivity index (χ3v) is 6.50. The van der Waals surface area contributed by atoms with Crippen molar-refractivity contribution in [3.05, 3.63) is 29.8 Å². The predicted octanol–water partition coefficient (Wildman–Crippen LogP) is 3.89. The van der Waals surface area contributed by atoms with Gasteiger partial charge in [0.05, 0.1) is 13.2 Å². The minimum atomic E-state index is 0.194. The number of ether oxygens (including phenoxy) is 1. The Bertz CT molecular complexity index is 605. The fourth-order valence-corrected chi connectivity index (χ4v) is 4.43. The van der Waals surface area contributed by atoms with Crippen LogP contribution in [0.25, 0.3) is 0 Å². The Balaban J connectivity index is 1.44. The van der Waals surface area contributed by atoms with E-state index in [0.29, 0.717) is 0 Å². The summed E-state index contributed by atoms with van der Waals surface area (Å²) in [5, 5.41) is 0. The number of benzene rings is 1. The van der Waals surface area contributed by atoms with Crippen LogP contribution < -0.4 is 4.90 Å². The number of carbonyl (C=O) groups excluding carboxylic acids is 1. The Kier molecular flexibility index (Phi) is 8.81. The van der Waals surface area contributed by atoms with Crippen LogP contribution in [0.15, 0.2) is 24.3 Å². The second kappa shape index (κ2) is 11.6. The van der Waals surface area contributed by atoms with Crippen molar-refractivity contribution >= 4 is 11.6 Å². The molecule has 0 spiro atoms. The van der Waals surface area contributed by atoms with E-state index in [1.165, 1.54) is 31.5 Å². The molecular formula is C24H39N3O2. The van der Waals surface area contributed by atoms with E-state index in [4.69, 9.17) is 4.74 Å². The summed E-state index contributed by atoms with van der Waals surface area (Å²) in [6.45, 7) is 13.4. The number of likely N-dealkylation sites (tertiary alicyclic amines) is 1. The van der Waals surface area contributed by atoms with E-state index in [9.17, 15) is 4.79 Å². The van der Waals surface area contributed by atoms with Gasteiger partial charge in [-0.1, -0.05) is 13.3 Å². The van der Waals surface area contributed by atoms with E-state index in [2.05, 4.69) is 40.7 Å². The molecule has 2 aliphatic rings. The lowest BCUT2D eigenvalue weighted by atomic mass is 9.93. The molecule has 0 aliphatic carbocycles. The summed E-state index contributed by atoms with van der Waals surface area (Å²) in [5.41, 5.74) is 2.05. The summed E-state index contributed by atoms with van der Waals surface area (Å²) < 4.78 is 5.43. The highest BCUT2D eigenvalue weighted by Crippen LogP contribution is 2.23. The van der Waals surface area contributed by atoms with Gasteiger partial charge >= 0.3 is 0 Å². The maximum Gasteiger partial charge on any atom is 0.253 e. The molecule has 5 nitrogen and oxygen atoms in total. The van der Waals surface area contributed by atoms with E-state index >= 15 is 0 Å². The molecule has 0 radical (unpaired) electrons. The van der Waals surface area contributed by atoms with E-state index in [0.717, 1.165) is 76.8 Å². The lowest BCUT2D eigenvalue weighted by Crippen LogP contribution is -2.40. The smallest absolute Gasteiger partial charge is 0.253 e. The van der Waals surface area contributed by atoms with Crippen molar-refractivity contribution in [3.8, 4) is 0 Å². The average molecular weight is 402 g/mol. The maximum atomic E-state index is 12.9. The first-order valence-corrected chi connectivity index (χ1v) is 11.7. The fraction of sp³-hybridized carbons (Fsp3) is 0.708. The van der Waals surface area contributed by atoms with Crippen LogP contribution in [-0.4, -0.2) is 74.7 Å². The van der Waals surface area contributed by atoms with Crippen LogP contribution in [0.5, 0.6) is 0 Å². The third kappa shape index (κ3) is 6.45. The Hall–Kier alpha value is -1.59. The van der Waals surface area contributed by atoms with Crippen LogP contribution in [0.3, 0.4) is 0 Å². The van der Waals surface area contributed by atoms with Crippen molar-refractivity contribution in [2.45, 2.75) is 46.0 Å². The van der Waals surface area contributed by atoms with Crippen molar-refractivity contribution in [1.82, 2.24) is 9.80 Å². The Morgan fingerprint density at radius 2 is 1.76 bits per heavy atom. The standard InChI is InChI=1S/C24H39N3O2/c1-3-5-13-26(4-2)23-8-6-22(7-9-23)24(28)27-15-11-21(12-16-27)10-14-25-17-19-29-20-18-25/h6-9,21H,3-5,10-20H2,1-2H3. The normalized spacial score (nSPS) is 18.8. The SMILES string of the molecule is CCCCN(CC)c1ccc(C(=O)N2CCC(CCN3CCOCC3)CC2)cc1. The molecule has 0 saturated carbocycles. The summed E-state index contributed by atoms with van der Waals surface area (Å²) in [5.74, 6) is 0.945. The second-order valence-electron chi connectivity index (χ2n) is 8.46. The van der Waals surface area contributed by atoms with Gasteiger partial charge in [0.15, 0.2) is 0 Å². The zero-order chi connectivity index (χ0) is 20.5. The first-order chi connectivity index (χ1) is 14.2. The molecule has 29 heavy (non-hydrogen) atoms. The van der Waals surface area contributed by atoms with Crippen LogP contribution >= 0.6 is 0 Å². The van der Waals surface area contributed by atoms with Crippen LogP contribution in [0, 0.1) is 5.92 Å². The van der Waals surface area contributed by atoms with Gasteiger partial charge in [-0.2, -0.15) is 0 Å². The Labute approximate surface area is 177 Å². The number of amides is 1. The van der Waals surface area contributed by atoms with E-state index in [1.807, 2.05) is 12.1 Å². The van der Waals surface area contributed by atoms with Crippen molar-refractivity contribution in [2.24, 2.45) is 5.92 Å². The predicted molar refractivity (Wildman–Crippen MR) is 120 cm³/mol. The van der Waals surface area contributed by atoms with Crippen molar-refractivity contribution in [2.75, 3.05) is 63.9 Å². The number of hydrogen-bond acceptors (Lipinski definition) is 4. The fourth-order valence-electron chi connectivity index (χ4n) is 4.43. The highest BCUT2D eigenvalue weighted by atomic mass is 16.5. The van der Waals surface area contributed by atoms with Gasteiger partial charge in [0.2, 0.25) is 0 Å². The molecule has 0 unspecified atom stereocenters. The summed E-state index contributed by atoms with van der Waals surface area (Å²) >= 11 is 0. The minimum absolute atomic E-state index is 0.194. The van der Waals surface area contributed by atoms with E-state index < -0.39 is 0 Å². The molecular weight excluding hydrogens is 362 g/mol. The number of nitrogens with zero attached hydrogens (tertiary/aromatic N) is 3. The minimum Gasteiger partial charge on any atom is -0.379 e. The second-order valence-corrected chi connectivity index (χ2v) is 8.46. The Morgan fingerprint density at radius 1 is 1.07 bits per heavy atom. The lowest BCUT2D eigenvalue weighted by Gasteiger charge is -2.34. The van der Waals surface area contributed by atoms with Gasteiger partial charge in [0, 0.05) is 50.5 Å². The molecule has 1 aromatic carbocycles. The molecule has 2 aliphatic heterocycles. The lowest BCUT2D eigenvalue weighted by molar-refractivity contribution is 0.0332. The first-order valence-electron chi connectivity index (χ1n) is 11.7. The molecule has 1 aromatic rings. The topological polar surface area (TPSA) is 36.0 Å². The molecule has 2 heterocycles. The summed E-state index contributed by atoms with van der Waals surface area (Å²) in [6, 6.07) is 8.25. The number of unbranched alkanes of at least 4 members (excludes halogenated alkanes) is 1. The van der Waals surface area contributed by atoms with Crippen molar-refractivity contribution in [1.29, 1.82) is 0 Å². The molecule has 0 N–H and O–H groups in total. The molecule has 2 fully saturated rings. The van der Waals surface area contributed by atoms with Gasteiger partial charge in [-0.05, 0) is 69.3 Å². The van der Waals surface area contributed by atoms with Gasteiger partial charge in [0.25, 0.3) is 5.91 Å². The van der Waals surface area contributed by atoms with E-state index in [-0.39, 0.29) is 5.91 Å². The van der Waals surface area contributed by atoms with Gasteiger partial charge in [-0.3, -0.25) is 9.69 Å². The first kappa shape index (κ1) is 22.1. The number of morpholine rings is 1. The molecule has 2 saturated heterocycles. The molecule has 0 bridgehead atoms. The monoisotopic (exact) mass is 401 g/mol. The molecule has 0 aromatic heterocycles. The van der Waals surface area contributed by atoms with Gasteiger partial charge in [0.1, 0.15) is 0 Å². The van der Waals surface area contributed by atoms with Crippen LogP contribution in [0.2, 0.25) is 0 Å². The largest absolute Gasteiger partial charge is 0.379 e. The number of piperidine rings is 1. The zero-order valence-corrected chi connectivity index (χ0v) is 18.4. The maximum absolute atomic E-state index is 12.9. The van der Waals surface area contributed by atoms with Crippen molar-refractivity contribution < 1.29 is 9.53 Å². The highest BCUT2D eigenvalue weighted by Gasteiger charge is 2.24. The van der Waals surface area contributed by atoms with Crippen LogP contribution in [0.4, 0.5) is 5.69 Å². The summed E-state index contributed by atoms with van der Waals surface area (Å²) in [6.07, 6.45) is 5.93. The third-order valence-electron chi connectivity index (χ3n) is 6.50. The van der Waals surface area contributed by atoms with Crippen molar-refractivity contribution in [3.63, 3.8) is 0 Å². The van der Waals surface area contributed by atoms with Gasteiger partial charge < -0.3 is 14.5 Å². The number of anilines is 1. The molecule has 3 rings (SSSR count). The van der Waals surface area contributed by atoms with E-state index in [1.54, 1.807) is 0 Å². The summed E-state index contributed by atoms with van der Waals surface area (Å²) in [4.78, 5) is 19.9. The number of carbonyl (C=O) groups is 1. The quantitative estimate of drug-likeness (QED) is 0.629. The zero-order valence-electron chi connectivity index (χ0n) is 18.4.